The Kier molecular flexibility index (Phi) is 5.28. The predicted molar refractivity (Wildman–Crippen MR) is 116 cm³/mol. The number of carbonyl (C=O) groups excluding carboxylic acids is 1. The summed E-state index contributed by atoms with van der Waals surface area (Å²) in [5, 5.41) is 26.3. The molecule has 10 heteroatoms. The molecule has 2 aliphatic heterocycles. The van der Waals surface area contributed by atoms with Crippen molar-refractivity contribution in [3.05, 3.63) is 59.2 Å². The van der Waals surface area contributed by atoms with Gasteiger partial charge in [0.05, 0.1) is 52.5 Å². The highest BCUT2D eigenvalue weighted by Crippen LogP contribution is 2.32. The van der Waals surface area contributed by atoms with E-state index in [1.807, 2.05) is 17.0 Å². The zero-order valence-electron chi connectivity index (χ0n) is 17.8. The number of aliphatic hydroxyl groups excluding tert-OH is 1. The van der Waals surface area contributed by atoms with Gasteiger partial charge in [-0.25, -0.2) is 14.1 Å². The molecule has 0 aliphatic carbocycles. The number of nitriles is 1. The number of pyridine rings is 1. The molecule has 2 aromatic heterocycles. The first-order chi connectivity index (χ1) is 15.9. The maximum Gasteiger partial charge on any atom is 0.255 e. The van der Waals surface area contributed by atoms with Crippen molar-refractivity contribution in [1.29, 1.82) is 5.26 Å². The number of halogens is 1. The minimum absolute atomic E-state index is 0.0911. The van der Waals surface area contributed by atoms with E-state index in [2.05, 4.69) is 15.4 Å². The van der Waals surface area contributed by atoms with Crippen LogP contribution in [0.25, 0.3) is 16.9 Å². The van der Waals surface area contributed by atoms with Crippen LogP contribution in [0.3, 0.4) is 0 Å². The molecule has 0 saturated carbocycles. The molecule has 2 N–H and O–H groups in total. The smallest absolute Gasteiger partial charge is 0.255 e. The van der Waals surface area contributed by atoms with Crippen molar-refractivity contribution >= 4 is 11.7 Å². The Morgan fingerprint density at radius 1 is 1.36 bits per heavy atom. The van der Waals surface area contributed by atoms with Crippen LogP contribution in [0.2, 0.25) is 0 Å². The zero-order valence-corrected chi connectivity index (χ0v) is 17.8. The molecule has 1 saturated heterocycles. The minimum atomic E-state index is -0.833. The summed E-state index contributed by atoms with van der Waals surface area (Å²) in [6, 6.07) is 9.70. The van der Waals surface area contributed by atoms with Crippen molar-refractivity contribution in [2.45, 2.75) is 32.3 Å². The van der Waals surface area contributed by atoms with Crippen molar-refractivity contribution in [1.82, 2.24) is 20.1 Å². The Labute approximate surface area is 189 Å². The molecule has 1 unspecified atom stereocenters. The number of aliphatic hydroxyl groups is 1. The van der Waals surface area contributed by atoms with Gasteiger partial charge in [0, 0.05) is 25.4 Å². The van der Waals surface area contributed by atoms with E-state index in [9.17, 15) is 19.6 Å². The fourth-order valence-corrected chi connectivity index (χ4v) is 4.34. The molecule has 1 amide bonds. The zero-order chi connectivity index (χ0) is 23.1. The second kappa shape index (κ2) is 8.27. The lowest BCUT2D eigenvalue weighted by Crippen LogP contribution is -2.25. The summed E-state index contributed by atoms with van der Waals surface area (Å²) in [7, 11) is 0. The van der Waals surface area contributed by atoms with E-state index in [1.54, 1.807) is 23.9 Å². The Balaban J connectivity index is 1.55. The third-order valence-electron chi connectivity index (χ3n) is 5.79. The SMILES string of the molecule is CC(O)O[C@@H]1CCN(c2ccn(-c3cc(-c4c(F)cccc4C#N)nc4c3C(=O)NC4)n2)C1. The van der Waals surface area contributed by atoms with Gasteiger partial charge in [-0.05, 0) is 31.5 Å². The fourth-order valence-electron chi connectivity index (χ4n) is 4.34. The van der Waals surface area contributed by atoms with Gasteiger partial charge in [0.2, 0.25) is 0 Å². The molecule has 0 spiro atoms. The molecule has 5 rings (SSSR count). The molecule has 3 aromatic rings. The van der Waals surface area contributed by atoms with Crippen molar-refractivity contribution in [2.75, 3.05) is 18.0 Å². The van der Waals surface area contributed by atoms with Crippen molar-refractivity contribution in [2.24, 2.45) is 0 Å². The topological polar surface area (TPSA) is 116 Å². The molecule has 4 heterocycles. The third-order valence-corrected chi connectivity index (χ3v) is 5.79. The molecule has 2 atom stereocenters. The van der Waals surface area contributed by atoms with Crippen LogP contribution in [0.1, 0.15) is 35.0 Å². The molecule has 1 fully saturated rings. The summed E-state index contributed by atoms with van der Waals surface area (Å²) in [4.78, 5) is 19.1. The number of aromatic nitrogens is 3. The van der Waals surface area contributed by atoms with E-state index < -0.39 is 12.1 Å². The predicted octanol–water partition coefficient (Wildman–Crippen LogP) is 2.12. The van der Waals surface area contributed by atoms with Gasteiger partial charge >= 0.3 is 0 Å². The maximum absolute atomic E-state index is 14.7. The maximum atomic E-state index is 14.7. The van der Waals surface area contributed by atoms with Crippen molar-refractivity contribution < 1.29 is 19.0 Å². The van der Waals surface area contributed by atoms with E-state index in [4.69, 9.17) is 4.74 Å². The van der Waals surface area contributed by atoms with Gasteiger partial charge in [0.15, 0.2) is 12.1 Å². The van der Waals surface area contributed by atoms with Gasteiger partial charge in [-0.1, -0.05) is 6.07 Å². The molecular formula is C23H21FN6O3. The van der Waals surface area contributed by atoms with E-state index in [-0.39, 0.29) is 35.4 Å². The summed E-state index contributed by atoms with van der Waals surface area (Å²) < 4.78 is 21.7. The standard InChI is InChI=1S/C23H21FN6O3/c1-13(31)33-15-5-7-29(12-15)20-6-8-30(28-20)19-9-17(27-18-11-26-23(32)22(18)19)21-14(10-25)3-2-4-16(21)24/h2-4,6,8-9,13,15,31H,5,7,11-12H2,1H3,(H,26,32)/t13?,15-/m1/s1. The number of ether oxygens (including phenoxy) is 1. The molecule has 0 bridgehead atoms. The molecule has 9 nitrogen and oxygen atoms in total. The number of fused-ring (bicyclic) bond motifs is 1. The van der Waals surface area contributed by atoms with Crippen LogP contribution < -0.4 is 10.2 Å². The lowest BCUT2D eigenvalue weighted by Gasteiger charge is -2.17. The molecule has 2 aliphatic rings. The van der Waals surface area contributed by atoms with Gasteiger partial charge in [0.1, 0.15) is 5.82 Å². The number of hydrogen-bond donors (Lipinski definition) is 2. The molecular weight excluding hydrogens is 427 g/mol. The third kappa shape index (κ3) is 3.82. The van der Waals surface area contributed by atoms with Crippen LogP contribution >= 0.6 is 0 Å². The number of carbonyl (C=O) groups is 1. The Bertz CT molecular complexity index is 1280. The number of benzene rings is 1. The second-order valence-electron chi connectivity index (χ2n) is 8.02. The number of hydrogen-bond acceptors (Lipinski definition) is 7. The summed E-state index contributed by atoms with van der Waals surface area (Å²) in [5.41, 5.74) is 1.82. The van der Waals surface area contributed by atoms with E-state index in [1.165, 1.54) is 18.2 Å². The lowest BCUT2D eigenvalue weighted by molar-refractivity contribution is -0.116. The number of amides is 1. The number of rotatable bonds is 5. The number of nitrogens with zero attached hydrogens (tertiary/aromatic N) is 5. The van der Waals surface area contributed by atoms with E-state index in [0.29, 0.717) is 29.3 Å². The lowest BCUT2D eigenvalue weighted by atomic mass is 10.0. The largest absolute Gasteiger partial charge is 0.368 e. The van der Waals surface area contributed by atoms with Crippen LogP contribution in [0, 0.1) is 17.1 Å². The van der Waals surface area contributed by atoms with Gasteiger partial charge in [0.25, 0.3) is 5.91 Å². The monoisotopic (exact) mass is 448 g/mol. The van der Waals surface area contributed by atoms with Crippen molar-refractivity contribution in [3.8, 4) is 23.0 Å². The van der Waals surface area contributed by atoms with Crippen LogP contribution in [0.4, 0.5) is 10.2 Å². The fraction of sp³-hybridized carbons (Fsp3) is 0.304. The first kappa shape index (κ1) is 21.1. The first-order valence-electron chi connectivity index (χ1n) is 10.6. The van der Waals surface area contributed by atoms with Gasteiger partial charge in [-0.2, -0.15) is 10.4 Å². The van der Waals surface area contributed by atoms with E-state index >= 15 is 0 Å². The van der Waals surface area contributed by atoms with Crippen molar-refractivity contribution in [3.63, 3.8) is 0 Å². The molecule has 1 aromatic carbocycles. The number of nitrogens with one attached hydrogen (secondary N) is 1. The van der Waals surface area contributed by atoms with Gasteiger partial charge < -0.3 is 20.1 Å². The van der Waals surface area contributed by atoms with Crippen LogP contribution in [0.15, 0.2) is 36.5 Å². The first-order valence-corrected chi connectivity index (χ1v) is 10.6. The van der Waals surface area contributed by atoms with Gasteiger partial charge in [-0.3, -0.25) is 4.79 Å². The van der Waals surface area contributed by atoms with Crippen LogP contribution in [-0.4, -0.2) is 51.3 Å². The molecule has 0 radical (unpaired) electrons. The quantitative estimate of drug-likeness (QED) is 0.575. The highest BCUT2D eigenvalue weighted by atomic mass is 19.1. The minimum Gasteiger partial charge on any atom is -0.368 e. The van der Waals surface area contributed by atoms with E-state index in [0.717, 1.165) is 13.0 Å². The summed E-state index contributed by atoms with van der Waals surface area (Å²) >= 11 is 0. The Hall–Kier alpha value is -3.81. The average molecular weight is 448 g/mol. The molecule has 33 heavy (non-hydrogen) atoms. The Morgan fingerprint density at radius 3 is 3.00 bits per heavy atom. The van der Waals surface area contributed by atoms with Crippen LogP contribution in [0.5, 0.6) is 0 Å². The highest BCUT2D eigenvalue weighted by Gasteiger charge is 2.29. The van der Waals surface area contributed by atoms with Gasteiger partial charge in [-0.15, -0.1) is 0 Å². The summed E-state index contributed by atoms with van der Waals surface area (Å²) in [6.45, 7) is 3.10. The second-order valence-corrected chi connectivity index (χ2v) is 8.02. The summed E-state index contributed by atoms with van der Waals surface area (Å²) in [5.74, 6) is -0.148. The highest BCUT2D eigenvalue weighted by molar-refractivity contribution is 6.01. The summed E-state index contributed by atoms with van der Waals surface area (Å²) in [6.07, 6.45) is 1.57. The molecule has 168 valence electrons. The average Bonchev–Trinajstić information content (AvgIpc) is 3.53. The number of anilines is 1. The van der Waals surface area contributed by atoms with Crippen LogP contribution in [-0.2, 0) is 11.3 Å². The Morgan fingerprint density at radius 2 is 2.21 bits per heavy atom. The normalized spacial score (nSPS) is 18.2.